The van der Waals surface area contributed by atoms with E-state index in [1.807, 2.05) is 4.72 Å². The first kappa shape index (κ1) is 14.4. The molecule has 0 radical (unpaired) electrons. The van der Waals surface area contributed by atoms with Crippen LogP contribution in [0.15, 0.2) is 18.2 Å². The molecule has 6 nitrogen and oxygen atoms in total. The van der Waals surface area contributed by atoms with Gasteiger partial charge in [0.2, 0.25) is 10.0 Å². The topological polar surface area (TPSA) is 92.7 Å². The number of benzene rings is 1. The molecule has 0 atom stereocenters. The van der Waals surface area contributed by atoms with Crippen molar-refractivity contribution in [3.8, 4) is 0 Å². The lowest BCUT2D eigenvalue weighted by Crippen LogP contribution is -2.21. The minimum Gasteiger partial charge on any atom is -0.478 e. The summed E-state index contributed by atoms with van der Waals surface area (Å²) >= 11 is 0. The largest absolute Gasteiger partial charge is 0.478 e. The summed E-state index contributed by atoms with van der Waals surface area (Å²) in [5.74, 6) is -2.90. The number of hydrogen-bond acceptors (Lipinski definition) is 4. The third kappa shape index (κ3) is 3.67. The molecule has 2 N–H and O–H groups in total. The molecule has 0 saturated heterocycles. The number of nitrogens with one attached hydrogen (secondary N) is 1. The number of carboxylic acids is 1. The van der Waals surface area contributed by atoms with Crippen LogP contribution < -0.4 is 4.72 Å². The molecule has 0 aliphatic rings. The average Bonchev–Trinajstić information content (AvgIpc) is 2.25. The normalized spacial score (nSPS) is 11.2. The van der Waals surface area contributed by atoms with Crippen molar-refractivity contribution in [1.82, 2.24) is 0 Å². The Morgan fingerprint density at radius 2 is 2.17 bits per heavy atom. The molecule has 1 aromatic carbocycles. The van der Waals surface area contributed by atoms with Crippen molar-refractivity contribution in [1.29, 1.82) is 0 Å². The number of halogens is 1. The summed E-state index contributed by atoms with van der Waals surface area (Å²) in [6.07, 6.45) is 0. The standard InChI is InChI=1S/C10H12FNO5S/c1-17-5-6-18(15,16)12-8-4-2-3-7(11)9(8)10(13)14/h2-4,12H,5-6H2,1H3,(H,13,14). The van der Waals surface area contributed by atoms with Gasteiger partial charge in [-0.25, -0.2) is 17.6 Å². The van der Waals surface area contributed by atoms with Crippen molar-refractivity contribution in [2.75, 3.05) is 24.2 Å². The number of ether oxygens (including phenoxy) is 1. The molecule has 1 aromatic rings. The van der Waals surface area contributed by atoms with Gasteiger partial charge in [0.1, 0.15) is 11.4 Å². The molecule has 0 saturated carbocycles. The molecule has 0 heterocycles. The van der Waals surface area contributed by atoms with E-state index in [0.717, 1.165) is 6.07 Å². The number of carboxylic acid groups (broad SMARTS) is 1. The van der Waals surface area contributed by atoms with E-state index in [-0.39, 0.29) is 18.0 Å². The van der Waals surface area contributed by atoms with Crippen LogP contribution in [0.1, 0.15) is 10.4 Å². The Morgan fingerprint density at radius 1 is 1.50 bits per heavy atom. The van der Waals surface area contributed by atoms with E-state index in [1.54, 1.807) is 0 Å². The second kappa shape index (κ2) is 5.78. The highest BCUT2D eigenvalue weighted by Crippen LogP contribution is 2.20. The lowest BCUT2D eigenvalue weighted by Gasteiger charge is -2.10. The van der Waals surface area contributed by atoms with Crippen LogP contribution in [0.4, 0.5) is 10.1 Å². The van der Waals surface area contributed by atoms with Gasteiger partial charge in [-0.1, -0.05) is 6.07 Å². The van der Waals surface area contributed by atoms with E-state index in [0.29, 0.717) is 0 Å². The van der Waals surface area contributed by atoms with Crippen LogP contribution in [0.5, 0.6) is 0 Å². The van der Waals surface area contributed by atoms with Crippen molar-refractivity contribution in [2.45, 2.75) is 0 Å². The van der Waals surface area contributed by atoms with Crippen molar-refractivity contribution >= 4 is 21.7 Å². The number of sulfonamides is 1. The zero-order valence-corrected chi connectivity index (χ0v) is 10.3. The van der Waals surface area contributed by atoms with Gasteiger partial charge in [-0.3, -0.25) is 4.72 Å². The summed E-state index contributed by atoms with van der Waals surface area (Å²) < 4.78 is 43.0. The SMILES string of the molecule is COCCS(=O)(=O)Nc1cccc(F)c1C(=O)O. The van der Waals surface area contributed by atoms with Gasteiger partial charge in [0.25, 0.3) is 0 Å². The summed E-state index contributed by atoms with van der Waals surface area (Å²) in [5, 5.41) is 8.82. The number of rotatable bonds is 6. The Labute approximate surface area is 103 Å². The Balaban J connectivity index is 3.05. The first-order valence-corrected chi connectivity index (χ1v) is 6.54. The Bertz CT molecular complexity index is 543. The highest BCUT2D eigenvalue weighted by molar-refractivity contribution is 7.92. The maximum atomic E-state index is 13.3. The Morgan fingerprint density at radius 3 is 2.72 bits per heavy atom. The third-order valence-corrected chi connectivity index (χ3v) is 3.28. The fourth-order valence-electron chi connectivity index (χ4n) is 1.24. The predicted molar refractivity (Wildman–Crippen MR) is 62.6 cm³/mol. The number of methoxy groups -OCH3 is 1. The Kier molecular flexibility index (Phi) is 4.62. The van der Waals surface area contributed by atoms with E-state index in [2.05, 4.69) is 4.74 Å². The van der Waals surface area contributed by atoms with Crippen LogP contribution in [-0.2, 0) is 14.8 Å². The first-order valence-electron chi connectivity index (χ1n) is 4.88. The number of anilines is 1. The average molecular weight is 277 g/mol. The van der Waals surface area contributed by atoms with E-state index in [9.17, 15) is 17.6 Å². The van der Waals surface area contributed by atoms with E-state index < -0.39 is 27.4 Å². The molecule has 0 aliphatic heterocycles. The van der Waals surface area contributed by atoms with Crippen LogP contribution in [0.25, 0.3) is 0 Å². The van der Waals surface area contributed by atoms with Crippen molar-refractivity contribution in [2.24, 2.45) is 0 Å². The summed E-state index contributed by atoms with van der Waals surface area (Å²) in [7, 11) is -2.44. The molecule has 0 aliphatic carbocycles. The number of aromatic carboxylic acids is 1. The zero-order chi connectivity index (χ0) is 13.8. The van der Waals surface area contributed by atoms with Gasteiger partial charge in [-0.2, -0.15) is 0 Å². The van der Waals surface area contributed by atoms with Gasteiger partial charge in [-0.05, 0) is 12.1 Å². The van der Waals surface area contributed by atoms with E-state index >= 15 is 0 Å². The fourth-order valence-corrected chi connectivity index (χ4v) is 2.23. The third-order valence-electron chi connectivity index (χ3n) is 2.05. The van der Waals surface area contributed by atoms with Gasteiger partial charge in [0.05, 0.1) is 18.0 Å². The molecule has 8 heteroatoms. The van der Waals surface area contributed by atoms with Crippen molar-refractivity contribution < 1.29 is 27.4 Å². The van der Waals surface area contributed by atoms with Crippen molar-refractivity contribution in [3.05, 3.63) is 29.6 Å². The van der Waals surface area contributed by atoms with Gasteiger partial charge in [-0.15, -0.1) is 0 Å². The fraction of sp³-hybridized carbons (Fsp3) is 0.300. The molecule has 0 bridgehead atoms. The van der Waals surface area contributed by atoms with Crippen molar-refractivity contribution in [3.63, 3.8) is 0 Å². The van der Waals surface area contributed by atoms with Crippen LogP contribution in [0.2, 0.25) is 0 Å². The molecule has 0 aromatic heterocycles. The summed E-state index contributed by atoms with van der Waals surface area (Å²) in [6, 6.07) is 3.34. The van der Waals surface area contributed by atoms with Crippen LogP contribution in [0, 0.1) is 5.82 Å². The molecular formula is C10H12FNO5S. The van der Waals surface area contributed by atoms with Crippen LogP contribution >= 0.6 is 0 Å². The number of hydrogen-bond donors (Lipinski definition) is 2. The highest BCUT2D eigenvalue weighted by Gasteiger charge is 2.19. The summed E-state index contributed by atoms with van der Waals surface area (Å²) in [4.78, 5) is 10.8. The smallest absolute Gasteiger partial charge is 0.340 e. The van der Waals surface area contributed by atoms with Gasteiger partial charge in [0.15, 0.2) is 0 Å². The highest BCUT2D eigenvalue weighted by atomic mass is 32.2. The predicted octanol–water partition coefficient (Wildman–Crippen LogP) is 0.912. The van der Waals surface area contributed by atoms with Gasteiger partial charge >= 0.3 is 5.97 Å². The molecule has 0 unspecified atom stereocenters. The molecule has 100 valence electrons. The Hall–Kier alpha value is -1.67. The summed E-state index contributed by atoms with van der Waals surface area (Å²) in [6.45, 7) is -0.0486. The first-order chi connectivity index (χ1) is 8.37. The maximum Gasteiger partial charge on any atom is 0.340 e. The van der Waals surface area contributed by atoms with Crippen LogP contribution in [0.3, 0.4) is 0 Å². The quantitative estimate of drug-likeness (QED) is 0.806. The van der Waals surface area contributed by atoms with Gasteiger partial charge < -0.3 is 9.84 Å². The molecule has 18 heavy (non-hydrogen) atoms. The lowest BCUT2D eigenvalue weighted by atomic mass is 10.2. The molecular weight excluding hydrogens is 265 g/mol. The summed E-state index contributed by atoms with van der Waals surface area (Å²) in [5.41, 5.74) is -1.02. The van der Waals surface area contributed by atoms with E-state index in [1.165, 1.54) is 19.2 Å². The molecule has 0 spiro atoms. The maximum absolute atomic E-state index is 13.3. The second-order valence-electron chi connectivity index (χ2n) is 3.38. The molecule has 1 rings (SSSR count). The minimum atomic E-state index is -3.77. The molecule has 0 amide bonds. The second-order valence-corrected chi connectivity index (χ2v) is 5.22. The van der Waals surface area contributed by atoms with E-state index in [4.69, 9.17) is 5.11 Å². The lowest BCUT2D eigenvalue weighted by molar-refractivity contribution is 0.0693. The monoisotopic (exact) mass is 277 g/mol. The zero-order valence-electron chi connectivity index (χ0n) is 9.51. The van der Waals surface area contributed by atoms with Crippen LogP contribution in [-0.4, -0.2) is 39.0 Å². The minimum absolute atomic E-state index is 0.0486. The van der Waals surface area contributed by atoms with Gasteiger partial charge in [0, 0.05) is 7.11 Å². The number of carbonyl (C=O) groups is 1. The molecule has 0 fully saturated rings.